The molecule has 0 N–H and O–H groups in total. The molecule has 1 aromatic rings. The van der Waals surface area contributed by atoms with Crippen LogP contribution in [0.4, 0.5) is 0 Å². The summed E-state index contributed by atoms with van der Waals surface area (Å²) < 4.78 is 5.83. The van der Waals surface area contributed by atoms with Crippen LogP contribution in [0.15, 0.2) is 6.20 Å². The predicted octanol–water partition coefficient (Wildman–Crippen LogP) is 2.93. The van der Waals surface area contributed by atoms with Crippen LogP contribution in [-0.4, -0.2) is 10.6 Å². The van der Waals surface area contributed by atoms with Gasteiger partial charge in [0.25, 0.3) is 0 Å². The molecule has 0 saturated carbocycles. The van der Waals surface area contributed by atoms with Gasteiger partial charge in [0.15, 0.2) is 0 Å². The molecule has 1 aliphatic heterocycles. The van der Waals surface area contributed by atoms with E-state index in [9.17, 15) is 0 Å². The Hall–Kier alpha value is -1.40. The number of aromatic nitrogens is 1. The molecule has 0 aromatic carbocycles. The molecule has 2 rings (SSSR count). The monoisotopic (exact) mass is 230 g/mol. The molecule has 1 aliphatic rings. The van der Waals surface area contributed by atoms with Crippen LogP contribution < -0.4 is 0 Å². The van der Waals surface area contributed by atoms with Crippen molar-refractivity contribution in [3.05, 3.63) is 28.6 Å². The lowest BCUT2D eigenvalue weighted by atomic mass is 9.87. The summed E-state index contributed by atoms with van der Waals surface area (Å²) in [6, 6.07) is 2.24. The molecule has 0 unspecified atom stereocenters. The van der Waals surface area contributed by atoms with Crippen molar-refractivity contribution in [3.63, 3.8) is 0 Å². The molecule has 1 aromatic heterocycles. The fourth-order valence-electron chi connectivity index (χ4n) is 2.31. The van der Waals surface area contributed by atoms with Crippen LogP contribution in [0.5, 0.6) is 0 Å². The number of hydrogen-bond acceptors (Lipinski definition) is 3. The second kappa shape index (κ2) is 4.12. The minimum absolute atomic E-state index is 0.186. The zero-order chi connectivity index (χ0) is 12.6. The van der Waals surface area contributed by atoms with Gasteiger partial charge in [-0.05, 0) is 25.3 Å². The second-order valence-electron chi connectivity index (χ2n) is 5.51. The van der Waals surface area contributed by atoms with E-state index in [0.717, 1.165) is 23.2 Å². The van der Waals surface area contributed by atoms with Crippen molar-refractivity contribution in [2.24, 2.45) is 0 Å². The smallest absolute Gasteiger partial charge is 0.101 e. The number of nitriles is 1. The van der Waals surface area contributed by atoms with Gasteiger partial charge < -0.3 is 4.74 Å². The van der Waals surface area contributed by atoms with Crippen LogP contribution in [0, 0.1) is 11.3 Å². The zero-order valence-electron chi connectivity index (χ0n) is 10.9. The molecule has 0 amide bonds. The fraction of sp³-hybridized carbons (Fsp3) is 0.571. The van der Waals surface area contributed by atoms with Crippen LogP contribution in [0.25, 0.3) is 0 Å². The quantitative estimate of drug-likeness (QED) is 0.745. The lowest BCUT2D eigenvalue weighted by Gasteiger charge is -2.33. The summed E-state index contributed by atoms with van der Waals surface area (Å²) in [5.41, 5.74) is 3.82. The summed E-state index contributed by atoms with van der Waals surface area (Å²) in [4.78, 5) is 4.41. The average Bonchev–Trinajstić information content (AvgIpc) is 2.26. The third-order valence-corrected chi connectivity index (χ3v) is 3.21. The first-order valence-corrected chi connectivity index (χ1v) is 5.99. The molecule has 0 atom stereocenters. The molecule has 0 bridgehead atoms. The summed E-state index contributed by atoms with van der Waals surface area (Å²) in [5.74, 6) is 0.362. The van der Waals surface area contributed by atoms with Gasteiger partial charge in [-0.3, -0.25) is 4.98 Å². The largest absolute Gasteiger partial charge is 0.370 e. The van der Waals surface area contributed by atoms with Gasteiger partial charge in [-0.1, -0.05) is 13.8 Å². The number of hydrogen-bond donors (Lipinski definition) is 0. The Balaban J connectivity index is 2.58. The molecule has 17 heavy (non-hydrogen) atoms. The maximum Gasteiger partial charge on any atom is 0.101 e. The summed E-state index contributed by atoms with van der Waals surface area (Å²) >= 11 is 0. The van der Waals surface area contributed by atoms with Gasteiger partial charge in [-0.15, -0.1) is 0 Å². The van der Waals surface area contributed by atoms with Crippen LogP contribution in [0.1, 0.15) is 56.0 Å². The number of ether oxygens (including phenoxy) is 1. The third-order valence-electron chi connectivity index (χ3n) is 3.21. The zero-order valence-corrected chi connectivity index (χ0v) is 10.9. The average molecular weight is 230 g/mol. The summed E-state index contributed by atoms with van der Waals surface area (Å²) in [6.07, 6.45) is 2.49. The Kier molecular flexibility index (Phi) is 2.92. The molecule has 3 heteroatoms. The van der Waals surface area contributed by atoms with Gasteiger partial charge in [-0.2, -0.15) is 5.26 Å². The second-order valence-corrected chi connectivity index (χ2v) is 5.51. The van der Waals surface area contributed by atoms with Crippen molar-refractivity contribution in [2.45, 2.75) is 52.2 Å². The normalized spacial score (nSPS) is 17.6. The molecule has 0 saturated heterocycles. The van der Waals surface area contributed by atoms with E-state index in [1.165, 1.54) is 0 Å². The minimum Gasteiger partial charge on any atom is -0.370 e. The van der Waals surface area contributed by atoms with E-state index in [2.05, 4.69) is 38.7 Å². The van der Waals surface area contributed by atoms with Crippen molar-refractivity contribution in [2.75, 3.05) is 0 Å². The number of pyridine rings is 1. The van der Waals surface area contributed by atoms with Crippen LogP contribution in [0.2, 0.25) is 0 Å². The first kappa shape index (κ1) is 12.1. The van der Waals surface area contributed by atoms with E-state index >= 15 is 0 Å². The van der Waals surface area contributed by atoms with E-state index in [-0.39, 0.29) is 5.60 Å². The molecule has 0 radical (unpaired) electrons. The Bertz CT molecular complexity index is 484. The SMILES string of the molecule is CC(C)c1ncc(C#N)c2c1COC(C)(C)C2. The van der Waals surface area contributed by atoms with Gasteiger partial charge in [0.2, 0.25) is 0 Å². The third kappa shape index (κ3) is 2.18. The minimum atomic E-state index is -0.186. The van der Waals surface area contributed by atoms with Crippen LogP contribution >= 0.6 is 0 Å². The van der Waals surface area contributed by atoms with E-state index < -0.39 is 0 Å². The van der Waals surface area contributed by atoms with E-state index in [1.807, 2.05) is 0 Å². The lowest BCUT2D eigenvalue weighted by Crippen LogP contribution is -2.33. The summed E-state index contributed by atoms with van der Waals surface area (Å²) in [6.45, 7) is 8.93. The van der Waals surface area contributed by atoms with Crippen molar-refractivity contribution >= 4 is 0 Å². The van der Waals surface area contributed by atoms with Crippen molar-refractivity contribution < 1.29 is 4.74 Å². The molecule has 2 heterocycles. The molecule has 0 fully saturated rings. The topological polar surface area (TPSA) is 45.9 Å². The molecule has 0 aliphatic carbocycles. The summed E-state index contributed by atoms with van der Waals surface area (Å²) in [5, 5.41) is 9.16. The maximum atomic E-state index is 9.16. The predicted molar refractivity (Wildman–Crippen MR) is 65.6 cm³/mol. The molecule has 3 nitrogen and oxygen atoms in total. The number of nitrogens with zero attached hydrogens (tertiary/aromatic N) is 2. The van der Waals surface area contributed by atoms with Gasteiger partial charge in [0.1, 0.15) is 6.07 Å². The van der Waals surface area contributed by atoms with Gasteiger partial charge in [-0.25, -0.2) is 0 Å². The van der Waals surface area contributed by atoms with Crippen LogP contribution in [-0.2, 0) is 17.8 Å². The lowest BCUT2D eigenvalue weighted by molar-refractivity contribution is -0.0408. The Morgan fingerprint density at radius 1 is 1.41 bits per heavy atom. The highest BCUT2D eigenvalue weighted by atomic mass is 16.5. The molecule has 0 spiro atoms. The Labute approximate surface area is 102 Å². The van der Waals surface area contributed by atoms with E-state index in [1.54, 1.807) is 6.20 Å². The molecular weight excluding hydrogens is 212 g/mol. The Morgan fingerprint density at radius 2 is 2.12 bits per heavy atom. The van der Waals surface area contributed by atoms with Crippen molar-refractivity contribution in [3.8, 4) is 6.07 Å². The maximum absolute atomic E-state index is 9.16. The highest BCUT2D eigenvalue weighted by Crippen LogP contribution is 2.33. The first-order chi connectivity index (χ1) is 7.94. The number of fused-ring (bicyclic) bond motifs is 1. The summed E-state index contributed by atoms with van der Waals surface area (Å²) in [7, 11) is 0. The molecular formula is C14H18N2O. The van der Waals surface area contributed by atoms with Gasteiger partial charge in [0, 0.05) is 23.9 Å². The van der Waals surface area contributed by atoms with E-state index in [4.69, 9.17) is 10.00 Å². The molecule has 90 valence electrons. The van der Waals surface area contributed by atoms with Crippen molar-refractivity contribution in [1.82, 2.24) is 4.98 Å². The van der Waals surface area contributed by atoms with Crippen molar-refractivity contribution in [1.29, 1.82) is 5.26 Å². The highest BCUT2D eigenvalue weighted by molar-refractivity contribution is 5.45. The Morgan fingerprint density at radius 3 is 2.71 bits per heavy atom. The van der Waals surface area contributed by atoms with E-state index in [0.29, 0.717) is 18.1 Å². The first-order valence-electron chi connectivity index (χ1n) is 5.99. The van der Waals surface area contributed by atoms with Gasteiger partial charge in [0.05, 0.1) is 17.8 Å². The number of rotatable bonds is 1. The van der Waals surface area contributed by atoms with Gasteiger partial charge >= 0.3 is 0 Å². The standard InChI is InChI=1S/C14H18N2O/c1-9(2)13-12-8-17-14(3,4)5-11(12)10(6-15)7-16-13/h7,9H,5,8H2,1-4H3. The fourth-order valence-corrected chi connectivity index (χ4v) is 2.31. The van der Waals surface area contributed by atoms with Crippen LogP contribution in [0.3, 0.4) is 0 Å². The highest BCUT2D eigenvalue weighted by Gasteiger charge is 2.30.